The molecule has 106 valence electrons. The van der Waals surface area contributed by atoms with E-state index in [0.717, 1.165) is 21.7 Å². The summed E-state index contributed by atoms with van der Waals surface area (Å²) in [6, 6.07) is 4.49. The third kappa shape index (κ3) is 3.70. The minimum atomic E-state index is -3.57. The summed E-state index contributed by atoms with van der Waals surface area (Å²) in [5.74, 6) is -0.593. The average Bonchev–Trinajstić information content (AvgIpc) is 2.24. The summed E-state index contributed by atoms with van der Waals surface area (Å²) in [5.41, 5.74) is 2.33. The van der Waals surface area contributed by atoms with Crippen molar-refractivity contribution in [2.24, 2.45) is 0 Å². The van der Waals surface area contributed by atoms with E-state index < -0.39 is 22.0 Å². The van der Waals surface area contributed by atoms with Crippen LogP contribution in [0, 0.1) is 13.8 Å². The molecule has 0 N–H and O–H groups in total. The van der Waals surface area contributed by atoms with Crippen LogP contribution < -0.4 is 4.31 Å². The van der Waals surface area contributed by atoms with Gasteiger partial charge in [0.05, 0.1) is 19.1 Å². The number of rotatable bonds is 4. The van der Waals surface area contributed by atoms with Crippen LogP contribution in [0.25, 0.3) is 0 Å². The highest BCUT2D eigenvalue weighted by Gasteiger charge is 2.29. The van der Waals surface area contributed by atoms with Crippen LogP contribution in [0.5, 0.6) is 0 Å². The number of aryl methyl sites for hydroxylation is 2. The second kappa shape index (κ2) is 5.61. The predicted octanol–water partition coefficient (Wildman–Crippen LogP) is 1.63. The number of esters is 1. The lowest BCUT2D eigenvalue weighted by Gasteiger charge is -2.27. The fourth-order valence-corrected chi connectivity index (χ4v) is 3.20. The van der Waals surface area contributed by atoms with Crippen molar-refractivity contribution >= 4 is 21.7 Å². The number of hydrogen-bond acceptors (Lipinski definition) is 4. The lowest BCUT2D eigenvalue weighted by molar-refractivity contribution is -0.141. The second-order valence-corrected chi connectivity index (χ2v) is 6.46. The molecular weight excluding hydrogens is 266 g/mol. The lowest BCUT2D eigenvalue weighted by atomic mass is 10.1. The average molecular weight is 285 g/mol. The summed E-state index contributed by atoms with van der Waals surface area (Å²) >= 11 is 0. The zero-order valence-corrected chi connectivity index (χ0v) is 12.6. The Balaban J connectivity index is 3.37. The minimum absolute atomic E-state index is 0.470. The quantitative estimate of drug-likeness (QED) is 0.789. The van der Waals surface area contributed by atoms with Gasteiger partial charge in [-0.2, -0.15) is 0 Å². The van der Waals surface area contributed by atoms with E-state index in [1.54, 1.807) is 12.1 Å². The van der Waals surface area contributed by atoms with Gasteiger partial charge in [0.2, 0.25) is 10.0 Å². The topological polar surface area (TPSA) is 63.7 Å². The van der Waals surface area contributed by atoms with Gasteiger partial charge in [-0.05, 0) is 44.0 Å². The zero-order chi connectivity index (χ0) is 14.8. The van der Waals surface area contributed by atoms with E-state index in [1.165, 1.54) is 14.0 Å². The molecule has 1 atom stereocenters. The lowest BCUT2D eigenvalue weighted by Crippen LogP contribution is -2.43. The van der Waals surface area contributed by atoms with Gasteiger partial charge < -0.3 is 4.74 Å². The first kappa shape index (κ1) is 15.5. The number of sulfonamides is 1. The number of nitrogens with zero attached hydrogens (tertiary/aromatic N) is 1. The molecule has 0 heterocycles. The summed E-state index contributed by atoms with van der Waals surface area (Å²) in [4.78, 5) is 11.6. The van der Waals surface area contributed by atoms with Crippen LogP contribution in [0.1, 0.15) is 18.1 Å². The summed E-state index contributed by atoms with van der Waals surface area (Å²) in [5, 5.41) is 0. The van der Waals surface area contributed by atoms with E-state index in [1.807, 2.05) is 19.9 Å². The summed E-state index contributed by atoms with van der Waals surface area (Å²) in [6.45, 7) is 5.25. The van der Waals surface area contributed by atoms with Gasteiger partial charge in [0.1, 0.15) is 6.04 Å². The van der Waals surface area contributed by atoms with Crippen molar-refractivity contribution in [2.75, 3.05) is 17.7 Å². The molecule has 0 saturated heterocycles. The molecule has 0 aliphatic rings. The van der Waals surface area contributed by atoms with Crippen LogP contribution in [0.4, 0.5) is 5.69 Å². The Bertz CT molecular complexity index is 560. The Kier molecular flexibility index (Phi) is 4.57. The molecule has 1 rings (SSSR count). The molecule has 1 aromatic rings. The third-order valence-electron chi connectivity index (χ3n) is 2.71. The normalized spacial score (nSPS) is 12.9. The number of carbonyl (C=O) groups is 1. The summed E-state index contributed by atoms with van der Waals surface area (Å²) in [7, 11) is -2.34. The van der Waals surface area contributed by atoms with Crippen molar-refractivity contribution in [2.45, 2.75) is 26.8 Å². The first-order valence-electron chi connectivity index (χ1n) is 5.82. The fraction of sp³-hybridized carbons (Fsp3) is 0.462. The van der Waals surface area contributed by atoms with Gasteiger partial charge in [-0.25, -0.2) is 13.2 Å². The number of anilines is 1. The number of methoxy groups -OCH3 is 1. The maximum atomic E-state index is 11.9. The standard InChI is InChI=1S/C13H19NO4S/c1-9-6-10(2)8-12(7-9)14(19(5,16)17)11(3)13(15)18-4/h6-8,11H,1-5H3/t11-/m1/s1. The molecular formula is C13H19NO4S. The molecule has 6 heteroatoms. The Morgan fingerprint density at radius 1 is 1.21 bits per heavy atom. The van der Waals surface area contributed by atoms with Gasteiger partial charge >= 0.3 is 5.97 Å². The molecule has 0 aliphatic carbocycles. The molecule has 0 aromatic heterocycles. The molecule has 0 saturated carbocycles. The number of hydrogen-bond donors (Lipinski definition) is 0. The highest BCUT2D eigenvalue weighted by molar-refractivity contribution is 7.92. The molecule has 0 spiro atoms. The Labute approximate surface area is 114 Å². The van der Waals surface area contributed by atoms with Crippen molar-refractivity contribution in [3.05, 3.63) is 29.3 Å². The monoisotopic (exact) mass is 285 g/mol. The largest absolute Gasteiger partial charge is 0.467 e. The van der Waals surface area contributed by atoms with E-state index in [9.17, 15) is 13.2 Å². The van der Waals surface area contributed by atoms with Gasteiger partial charge in [0.15, 0.2) is 0 Å². The highest BCUT2D eigenvalue weighted by atomic mass is 32.2. The molecule has 0 aliphatic heterocycles. The van der Waals surface area contributed by atoms with Crippen LogP contribution in [0.15, 0.2) is 18.2 Å². The Hall–Kier alpha value is -1.56. The van der Waals surface area contributed by atoms with E-state index in [-0.39, 0.29) is 0 Å². The van der Waals surface area contributed by atoms with E-state index >= 15 is 0 Å². The molecule has 1 aromatic carbocycles. The van der Waals surface area contributed by atoms with E-state index in [0.29, 0.717) is 5.69 Å². The third-order valence-corrected chi connectivity index (χ3v) is 3.95. The molecule has 19 heavy (non-hydrogen) atoms. The van der Waals surface area contributed by atoms with E-state index in [2.05, 4.69) is 4.74 Å². The first-order valence-corrected chi connectivity index (χ1v) is 7.67. The number of ether oxygens (including phenoxy) is 1. The molecule has 0 amide bonds. The van der Waals surface area contributed by atoms with Gasteiger partial charge in [-0.15, -0.1) is 0 Å². The molecule has 0 radical (unpaired) electrons. The smallest absolute Gasteiger partial charge is 0.329 e. The van der Waals surface area contributed by atoms with Crippen molar-refractivity contribution in [3.63, 3.8) is 0 Å². The van der Waals surface area contributed by atoms with E-state index in [4.69, 9.17) is 0 Å². The molecule has 5 nitrogen and oxygen atoms in total. The predicted molar refractivity (Wildman–Crippen MR) is 74.7 cm³/mol. The Morgan fingerprint density at radius 2 is 1.68 bits per heavy atom. The highest BCUT2D eigenvalue weighted by Crippen LogP contribution is 2.24. The van der Waals surface area contributed by atoms with Crippen molar-refractivity contribution in [1.82, 2.24) is 0 Å². The van der Waals surface area contributed by atoms with Crippen LogP contribution in [-0.2, 0) is 19.6 Å². The minimum Gasteiger partial charge on any atom is -0.467 e. The van der Waals surface area contributed by atoms with Gasteiger partial charge in [0.25, 0.3) is 0 Å². The summed E-state index contributed by atoms with van der Waals surface area (Å²) < 4.78 is 29.6. The van der Waals surface area contributed by atoms with Gasteiger partial charge in [-0.1, -0.05) is 6.07 Å². The van der Waals surface area contributed by atoms with Crippen molar-refractivity contribution in [3.8, 4) is 0 Å². The first-order chi connectivity index (χ1) is 8.66. The maximum Gasteiger partial charge on any atom is 0.329 e. The molecule has 0 bridgehead atoms. The van der Waals surface area contributed by atoms with Crippen molar-refractivity contribution < 1.29 is 17.9 Å². The van der Waals surface area contributed by atoms with Gasteiger partial charge in [-0.3, -0.25) is 4.31 Å². The maximum absolute atomic E-state index is 11.9. The SMILES string of the molecule is COC(=O)[C@@H](C)N(c1cc(C)cc(C)c1)S(C)(=O)=O. The zero-order valence-electron chi connectivity index (χ0n) is 11.8. The number of benzene rings is 1. The summed E-state index contributed by atoms with van der Waals surface area (Å²) in [6.07, 6.45) is 1.07. The fourth-order valence-electron chi connectivity index (χ4n) is 2.05. The van der Waals surface area contributed by atoms with Gasteiger partial charge in [0, 0.05) is 0 Å². The molecule has 0 unspecified atom stereocenters. The number of carbonyl (C=O) groups excluding carboxylic acids is 1. The molecule has 0 fully saturated rings. The Morgan fingerprint density at radius 3 is 2.05 bits per heavy atom. The van der Waals surface area contributed by atoms with Crippen molar-refractivity contribution in [1.29, 1.82) is 0 Å². The van der Waals surface area contributed by atoms with Crippen LogP contribution in [0.2, 0.25) is 0 Å². The van der Waals surface area contributed by atoms with Crippen LogP contribution >= 0.6 is 0 Å². The van der Waals surface area contributed by atoms with Crippen LogP contribution in [0.3, 0.4) is 0 Å². The second-order valence-electron chi connectivity index (χ2n) is 4.60. The van der Waals surface area contributed by atoms with Crippen LogP contribution in [-0.4, -0.2) is 33.8 Å².